The van der Waals surface area contributed by atoms with Gasteiger partial charge in [-0.3, -0.25) is 14.2 Å². The molecule has 0 aromatic heterocycles. The van der Waals surface area contributed by atoms with Crippen LogP contribution in [0, 0.1) is 41.5 Å². The normalized spacial score (nSPS) is 11.0. The Labute approximate surface area is 184 Å². The summed E-state index contributed by atoms with van der Waals surface area (Å²) in [5.74, 6) is -1.18. The van der Waals surface area contributed by atoms with Crippen LogP contribution in [-0.4, -0.2) is 16.7 Å². The number of rotatable bonds is 5. The van der Waals surface area contributed by atoms with Crippen molar-refractivity contribution in [3.63, 3.8) is 0 Å². The minimum Gasteiger partial charge on any atom is -0.507 e. The molecule has 31 heavy (non-hydrogen) atoms. The first kappa shape index (κ1) is 22.6. The van der Waals surface area contributed by atoms with Crippen molar-refractivity contribution in [2.45, 2.75) is 41.5 Å². The van der Waals surface area contributed by atoms with Gasteiger partial charge >= 0.3 is 0 Å². The molecule has 5 heteroatoms. The Morgan fingerprint density at radius 2 is 1.03 bits per heavy atom. The molecule has 1 N–H and O–H groups in total. The number of hydrogen-bond donors (Lipinski definition) is 1. The maximum atomic E-state index is 13.7. The minimum absolute atomic E-state index is 0.0175. The Kier molecular flexibility index (Phi) is 6.24. The molecule has 0 saturated carbocycles. The number of carbonyl (C=O) groups excluding carboxylic acids is 2. The molecule has 0 spiro atoms. The number of aryl methyl sites for hydroxylation is 6. The fourth-order valence-corrected chi connectivity index (χ4v) is 4.88. The highest BCUT2D eigenvalue weighted by Gasteiger charge is 2.29. The van der Waals surface area contributed by atoms with Crippen molar-refractivity contribution in [2.75, 3.05) is 0 Å². The quantitative estimate of drug-likeness (QED) is 0.419. The van der Waals surface area contributed by atoms with Gasteiger partial charge in [0.05, 0.1) is 16.4 Å². The monoisotopic (exact) mass is 432 g/mol. The molecule has 0 atom stereocenters. The lowest BCUT2D eigenvalue weighted by Gasteiger charge is -2.17. The zero-order valence-corrected chi connectivity index (χ0v) is 19.5. The van der Waals surface area contributed by atoms with Gasteiger partial charge in [-0.15, -0.1) is 0 Å². The van der Waals surface area contributed by atoms with Gasteiger partial charge in [0.25, 0.3) is 0 Å². The molecule has 0 amide bonds. The lowest BCUT2D eigenvalue weighted by atomic mass is 9.86. The predicted octanol–water partition coefficient (Wildman–Crippen LogP) is 5.62. The topological polar surface area (TPSA) is 71.4 Å². The fourth-order valence-electron chi connectivity index (χ4n) is 4.44. The first-order valence-electron chi connectivity index (χ1n) is 10.0. The van der Waals surface area contributed by atoms with Crippen LogP contribution in [0.1, 0.15) is 65.2 Å². The second-order valence-corrected chi connectivity index (χ2v) is 8.82. The SMILES string of the molecule is Cc1cc(C)c(C(=O)c2c(O)ccc(P=O)c2C(=O)c2c(C)cc(C)cc2C)c(C)c1. The van der Waals surface area contributed by atoms with E-state index in [0.29, 0.717) is 11.1 Å². The molecule has 0 aliphatic rings. The molecule has 0 bridgehead atoms. The van der Waals surface area contributed by atoms with Gasteiger partial charge in [-0.25, -0.2) is 0 Å². The first-order valence-corrected chi connectivity index (χ1v) is 10.8. The van der Waals surface area contributed by atoms with Crippen molar-refractivity contribution >= 4 is 25.3 Å². The largest absolute Gasteiger partial charge is 0.507 e. The van der Waals surface area contributed by atoms with Gasteiger partial charge in [0.1, 0.15) is 5.75 Å². The summed E-state index contributed by atoms with van der Waals surface area (Å²) < 4.78 is 11.9. The molecule has 3 aromatic rings. The molecule has 158 valence electrons. The third-order valence-corrected chi connectivity index (χ3v) is 6.09. The minimum atomic E-state index is -0.455. The van der Waals surface area contributed by atoms with Crippen LogP contribution in [0.3, 0.4) is 0 Å². The molecule has 3 aromatic carbocycles. The van der Waals surface area contributed by atoms with Crippen LogP contribution >= 0.6 is 8.46 Å². The average Bonchev–Trinajstić information content (AvgIpc) is 2.65. The number of carbonyl (C=O) groups is 2. The number of phenols is 1. The lowest BCUT2D eigenvalue weighted by Crippen LogP contribution is -2.21. The smallest absolute Gasteiger partial charge is 0.198 e. The molecule has 0 heterocycles. The Balaban J connectivity index is 2.34. The van der Waals surface area contributed by atoms with Gasteiger partial charge < -0.3 is 5.11 Å². The maximum Gasteiger partial charge on any atom is 0.198 e. The van der Waals surface area contributed by atoms with Gasteiger partial charge in [-0.1, -0.05) is 35.4 Å². The van der Waals surface area contributed by atoms with E-state index in [0.717, 1.165) is 33.4 Å². The zero-order chi connectivity index (χ0) is 23.0. The molecule has 0 unspecified atom stereocenters. The Morgan fingerprint density at radius 1 is 0.645 bits per heavy atom. The van der Waals surface area contributed by atoms with Crippen molar-refractivity contribution in [2.24, 2.45) is 0 Å². The van der Waals surface area contributed by atoms with Crippen LogP contribution in [0.2, 0.25) is 0 Å². The second-order valence-electron chi connectivity index (χ2n) is 8.15. The molecule has 3 rings (SSSR count). The third kappa shape index (κ3) is 4.08. The van der Waals surface area contributed by atoms with Crippen LogP contribution in [0.25, 0.3) is 0 Å². The van der Waals surface area contributed by atoms with E-state index in [-0.39, 0.29) is 22.2 Å². The third-order valence-electron chi connectivity index (χ3n) is 5.52. The molecule has 0 radical (unpaired) electrons. The summed E-state index contributed by atoms with van der Waals surface area (Å²) in [6, 6.07) is 10.3. The summed E-state index contributed by atoms with van der Waals surface area (Å²) in [6.07, 6.45) is 0. The number of aromatic hydroxyl groups is 1. The van der Waals surface area contributed by atoms with Gasteiger partial charge in [0, 0.05) is 11.1 Å². The van der Waals surface area contributed by atoms with E-state index in [1.54, 1.807) is 0 Å². The molecule has 0 fully saturated rings. The van der Waals surface area contributed by atoms with E-state index in [9.17, 15) is 19.3 Å². The van der Waals surface area contributed by atoms with Crippen LogP contribution in [0.5, 0.6) is 5.75 Å². The highest BCUT2D eigenvalue weighted by Crippen LogP contribution is 2.31. The maximum absolute atomic E-state index is 13.7. The predicted molar refractivity (Wildman–Crippen MR) is 124 cm³/mol. The Hall–Kier alpha value is -3.10. The van der Waals surface area contributed by atoms with Crippen molar-refractivity contribution in [3.8, 4) is 5.75 Å². The fraction of sp³-hybridized carbons (Fsp3) is 0.231. The summed E-state index contributed by atoms with van der Waals surface area (Å²) in [6.45, 7) is 11.2. The number of hydrogen-bond acceptors (Lipinski definition) is 4. The van der Waals surface area contributed by atoms with E-state index in [4.69, 9.17) is 0 Å². The molecule has 0 saturated heterocycles. The van der Waals surface area contributed by atoms with Crippen molar-refractivity contribution in [1.29, 1.82) is 0 Å². The van der Waals surface area contributed by atoms with E-state index >= 15 is 0 Å². The second kappa shape index (κ2) is 8.56. The standard InChI is InChI=1S/C26H25O4P/c1-13-9-15(3)21(16(4)10-13)25(28)23-19(27)7-8-20(31-30)24(23)26(29)22-17(5)11-14(2)12-18(22)6/h7-12,27H,1-6H3. The van der Waals surface area contributed by atoms with Crippen LogP contribution in [0.4, 0.5) is 0 Å². The highest BCUT2D eigenvalue weighted by molar-refractivity contribution is 7.34. The molecular formula is C26H25O4P. The lowest BCUT2D eigenvalue weighted by molar-refractivity contribution is 0.100. The summed E-state index contributed by atoms with van der Waals surface area (Å²) in [7, 11) is -0.398. The summed E-state index contributed by atoms with van der Waals surface area (Å²) in [4.78, 5) is 27.4. The van der Waals surface area contributed by atoms with E-state index < -0.39 is 20.0 Å². The van der Waals surface area contributed by atoms with Crippen molar-refractivity contribution in [1.82, 2.24) is 0 Å². The Bertz CT molecular complexity index is 1210. The van der Waals surface area contributed by atoms with Crippen LogP contribution in [0.15, 0.2) is 36.4 Å². The zero-order valence-electron chi connectivity index (χ0n) is 18.6. The molecule has 0 aliphatic carbocycles. The first-order chi connectivity index (χ1) is 14.6. The summed E-state index contributed by atoms with van der Waals surface area (Å²) >= 11 is 0. The van der Waals surface area contributed by atoms with Crippen molar-refractivity contribution < 1.29 is 19.3 Å². The number of ketones is 2. The average molecular weight is 432 g/mol. The van der Waals surface area contributed by atoms with Crippen LogP contribution in [-0.2, 0) is 4.57 Å². The molecular weight excluding hydrogens is 407 g/mol. The summed E-state index contributed by atoms with van der Waals surface area (Å²) in [5, 5.41) is 10.9. The molecule has 4 nitrogen and oxygen atoms in total. The van der Waals surface area contributed by atoms with Gasteiger partial charge in [-0.05, 0) is 75.9 Å². The van der Waals surface area contributed by atoms with Gasteiger partial charge in [0.15, 0.2) is 20.0 Å². The van der Waals surface area contributed by atoms with Crippen molar-refractivity contribution in [3.05, 3.63) is 92.0 Å². The molecule has 0 aliphatic heterocycles. The van der Waals surface area contributed by atoms with Gasteiger partial charge in [0.2, 0.25) is 0 Å². The van der Waals surface area contributed by atoms with E-state index in [1.807, 2.05) is 65.8 Å². The Morgan fingerprint density at radius 3 is 1.42 bits per heavy atom. The summed E-state index contributed by atoms with van der Waals surface area (Å²) in [5.41, 5.74) is 5.84. The highest BCUT2D eigenvalue weighted by atomic mass is 31.1. The van der Waals surface area contributed by atoms with E-state index in [1.165, 1.54) is 12.1 Å². The van der Waals surface area contributed by atoms with E-state index in [2.05, 4.69) is 0 Å². The van der Waals surface area contributed by atoms with Crippen LogP contribution < -0.4 is 5.30 Å². The number of phenolic OH excluding ortho intramolecular Hbond substituents is 1. The number of benzene rings is 3. The van der Waals surface area contributed by atoms with Gasteiger partial charge in [-0.2, -0.15) is 0 Å².